The third kappa shape index (κ3) is 4.49. The number of para-hydroxylation sites is 1. The monoisotopic (exact) mass is 471 g/mol. The first-order valence-corrected chi connectivity index (χ1v) is 11.9. The van der Waals surface area contributed by atoms with E-state index in [2.05, 4.69) is 17.1 Å². The molecule has 1 fully saturated rings. The van der Waals surface area contributed by atoms with E-state index in [1.807, 2.05) is 59.5 Å². The Hall–Kier alpha value is -3.78. The third-order valence-corrected chi connectivity index (χ3v) is 6.52. The minimum atomic E-state index is -1.17. The SMILES string of the molecule is C[C@@H]1CCC(c2nc(C(C)(C)O)c(-c3ccccc3)o2)CN1C(=O)c1ccccc1-n1nccn1. The van der Waals surface area contributed by atoms with Gasteiger partial charge in [0.25, 0.3) is 5.91 Å². The number of benzene rings is 2. The average Bonchev–Trinajstić information content (AvgIpc) is 3.55. The lowest BCUT2D eigenvalue weighted by atomic mass is 9.92. The average molecular weight is 472 g/mol. The van der Waals surface area contributed by atoms with Gasteiger partial charge in [-0.2, -0.15) is 15.0 Å². The molecule has 2 atom stereocenters. The summed E-state index contributed by atoms with van der Waals surface area (Å²) in [5.41, 5.74) is 1.39. The lowest BCUT2D eigenvalue weighted by Gasteiger charge is -2.37. The maximum atomic E-state index is 13.7. The molecule has 1 amide bonds. The molecule has 3 heterocycles. The summed E-state index contributed by atoms with van der Waals surface area (Å²) >= 11 is 0. The molecule has 8 nitrogen and oxygen atoms in total. The number of carbonyl (C=O) groups excluding carboxylic acids is 1. The number of piperidine rings is 1. The van der Waals surface area contributed by atoms with E-state index < -0.39 is 5.60 Å². The standard InChI is InChI=1S/C27H29N5O3/c1-18-13-14-20(25-30-24(27(2,3)34)23(35-25)19-9-5-4-6-10-19)17-31(18)26(33)21-11-7-8-12-22(21)32-28-15-16-29-32/h4-12,15-16,18,20,34H,13-14,17H2,1-3H3/t18-,20?/m1/s1. The molecule has 0 radical (unpaired) electrons. The number of nitrogens with zero attached hydrogens (tertiary/aromatic N) is 5. The van der Waals surface area contributed by atoms with Crippen molar-refractivity contribution >= 4 is 5.91 Å². The summed E-state index contributed by atoms with van der Waals surface area (Å²) in [6.45, 7) is 5.96. The molecule has 35 heavy (non-hydrogen) atoms. The van der Waals surface area contributed by atoms with Crippen LogP contribution in [-0.2, 0) is 5.60 Å². The van der Waals surface area contributed by atoms with Gasteiger partial charge < -0.3 is 14.4 Å². The summed E-state index contributed by atoms with van der Waals surface area (Å²) in [6, 6.07) is 17.1. The second kappa shape index (κ2) is 9.11. The second-order valence-corrected chi connectivity index (χ2v) is 9.57. The van der Waals surface area contributed by atoms with Crippen molar-refractivity contribution in [2.24, 2.45) is 0 Å². The first-order chi connectivity index (χ1) is 16.8. The van der Waals surface area contributed by atoms with Gasteiger partial charge in [-0.15, -0.1) is 0 Å². The molecule has 1 aliphatic rings. The Labute approximate surface area is 204 Å². The Morgan fingerprint density at radius 3 is 2.43 bits per heavy atom. The van der Waals surface area contributed by atoms with E-state index in [9.17, 15) is 9.90 Å². The molecule has 0 saturated carbocycles. The third-order valence-electron chi connectivity index (χ3n) is 6.52. The maximum absolute atomic E-state index is 13.7. The highest BCUT2D eigenvalue weighted by Crippen LogP contribution is 2.37. The van der Waals surface area contributed by atoms with Crippen LogP contribution in [0.5, 0.6) is 0 Å². The van der Waals surface area contributed by atoms with Crippen molar-refractivity contribution in [1.82, 2.24) is 24.9 Å². The van der Waals surface area contributed by atoms with Crippen molar-refractivity contribution < 1.29 is 14.3 Å². The summed E-state index contributed by atoms with van der Waals surface area (Å²) in [6.07, 6.45) is 4.84. The Balaban J connectivity index is 1.47. The zero-order valence-corrected chi connectivity index (χ0v) is 20.1. The van der Waals surface area contributed by atoms with Crippen molar-refractivity contribution in [3.05, 3.63) is 84.1 Å². The fourth-order valence-corrected chi connectivity index (χ4v) is 4.63. The molecule has 4 aromatic rings. The smallest absolute Gasteiger partial charge is 0.256 e. The van der Waals surface area contributed by atoms with E-state index in [4.69, 9.17) is 9.40 Å². The van der Waals surface area contributed by atoms with Crippen LogP contribution in [0.25, 0.3) is 17.0 Å². The molecular formula is C27H29N5O3. The fraction of sp³-hybridized carbons (Fsp3) is 0.333. The minimum Gasteiger partial charge on any atom is -0.440 e. The van der Waals surface area contributed by atoms with E-state index >= 15 is 0 Å². The summed E-state index contributed by atoms with van der Waals surface area (Å²) in [5.74, 6) is 0.962. The highest BCUT2D eigenvalue weighted by molar-refractivity contribution is 5.98. The topological polar surface area (TPSA) is 97.3 Å². The van der Waals surface area contributed by atoms with Gasteiger partial charge in [0.2, 0.25) is 0 Å². The molecule has 2 aromatic heterocycles. The maximum Gasteiger partial charge on any atom is 0.256 e. The van der Waals surface area contributed by atoms with Crippen LogP contribution in [0.2, 0.25) is 0 Å². The Morgan fingerprint density at radius 1 is 1.03 bits per heavy atom. The van der Waals surface area contributed by atoms with Crippen LogP contribution >= 0.6 is 0 Å². The van der Waals surface area contributed by atoms with Crippen molar-refractivity contribution in [2.75, 3.05) is 6.54 Å². The number of likely N-dealkylation sites (tertiary alicyclic amines) is 1. The summed E-state index contributed by atoms with van der Waals surface area (Å²) < 4.78 is 6.29. The first kappa shape index (κ1) is 23.0. The van der Waals surface area contributed by atoms with E-state index in [-0.39, 0.29) is 17.9 Å². The predicted molar refractivity (Wildman–Crippen MR) is 131 cm³/mol. The van der Waals surface area contributed by atoms with Gasteiger partial charge in [-0.25, -0.2) is 4.98 Å². The molecule has 2 aromatic carbocycles. The van der Waals surface area contributed by atoms with Crippen molar-refractivity contribution in [3.63, 3.8) is 0 Å². The predicted octanol–water partition coefficient (Wildman–Crippen LogP) is 4.56. The molecule has 1 aliphatic heterocycles. The minimum absolute atomic E-state index is 0.0645. The lowest BCUT2D eigenvalue weighted by Crippen LogP contribution is -2.45. The quantitative estimate of drug-likeness (QED) is 0.458. The highest BCUT2D eigenvalue weighted by atomic mass is 16.4. The number of aliphatic hydroxyl groups is 1. The number of hydrogen-bond acceptors (Lipinski definition) is 6. The molecule has 180 valence electrons. The second-order valence-electron chi connectivity index (χ2n) is 9.57. The molecule has 1 unspecified atom stereocenters. The zero-order valence-electron chi connectivity index (χ0n) is 20.1. The van der Waals surface area contributed by atoms with E-state index in [1.54, 1.807) is 26.2 Å². The molecule has 5 rings (SSSR count). The van der Waals surface area contributed by atoms with Crippen molar-refractivity contribution in [3.8, 4) is 17.0 Å². The van der Waals surface area contributed by atoms with Crippen molar-refractivity contribution in [1.29, 1.82) is 0 Å². The molecular weight excluding hydrogens is 442 g/mol. The van der Waals surface area contributed by atoms with Crippen LogP contribution in [0, 0.1) is 0 Å². The molecule has 1 N–H and O–H groups in total. The highest BCUT2D eigenvalue weighted by Gasteiger charge is 2.36. The van der Waals surface area contributed by atoms with Gasteiger partial charge in [0, 0.05) is 18.2 Å². The largest absolute Gasteiger partial charge is 0.440 e. The normalized spacial score (nSPS) is 18.6. The fourth-order valence-electron chi connectivity index (χ4n) is 4.63. The summed E-state index contributed by atoms with van der Waals surface area (Å²) in [5, 5.41) is 19.2. The molecule has 8 heteroatoms. The van der Waals surface area contributed by atoms with Crippen LogP contribution in [-0.4, -0.2) is 48.5 Å². The molecule has 1 saturated heterocycles. The Morgan fingerprint density at radius 2 is 1.71 bits per heavy atom. The van der Waals surface area contributed by atoms with Crippen LogP contribution in [0.1, 0.15) is 61.5 Å². The Bertz CT molecular complexity index is 1310. The number of hydrogen-bond donors (Lipinski definition) is 1. The van der Waals surface area contributed by atoms with Gasteiger partial charge in [-0.3, -0.25) is 4.79 Å². The van der Waals surface area contributed by atoms with Crippen LogP contribution in [0.4, 0.5) is 0 Å². The number of oxazole rings is 1. The number of amides is 1. The molecule has 0 bridgehead atoms. The van der Waals surface area contributed by atoms with Gasteiger partial charge >= 0.3 is 0 Å². The van der Waals surface area contributed by atoms with Gasteiger partial charge in [0.05, 0.1) is 29.6 Å². The van der Waals surface area contributed by atoms with E-state index in [1.165, 1.54) is 4.80 Å². The number of aromatic nitrogens is 4. The van der Waals surface area contributed by atoms with Gasteiger partial charge in [-0.05, 0) is 45.7 Å². The van der Waals surface area contributed by atoms with Gasteiger partial charge in [0.15, 0.2) is 11.7 Å². The zero-order chi connectivity index (χ0) is 24.6. The van der Waals surface area contributed by atoms with Crippen molar-refractivity contribution in [2.45, 2.75) is 51.2 Å². The van der Waals surface area contributed by atoms with Crippen LogP contribution in [0.3, 0.4) is 0 Å². The lowest BCUT2D eigenvalue weighted by molar-refractivity contribution is 0.0594. The number of rotatable bonds is 5. The van der Waals surface area contributed by atoms with E-state index in [0.29, 0.717) is 35.1 Å². The van der Waals surface area contributed by atoms with E-state index in [0.717, 1.165) is 18.4 Å². The van der Waals surface area contributed by atoms with Crippen LogP contribution < -0.4 is 0 Å². The Kier molecular flexibility index (Phi) is 5.98. The van der Waals surface area contributed by atoms with Crippen LogP contribution in [0.15, 0.2) is 71.4 Å². The first-order valence-electron chi connectivity index (χ1n) is 11.9. The molecule has 0 spiro atoms. The number of carbonyl (C=O) groups is 1. The summed E-state index contributed by atoms with van der Waals surface area (Å²) in [7, 11) is 0. The van der Waals surface area contributed by atoms with Gasteiger partial charge in [0.1, 0.15) is 11.3 Å². The molecule has 0 aliphatic carbocycles. The van der Waals surface area contributed by atoms with Gasteiger partial charge in [-0.1, -0.05) is 42.5 Å². The summed E-state index contributed by atoms with van der Waals surface area (Å²) in [4.78, 5) is 21.8.